The third-order valence-electron chi connectivity index (χ3n) is 5.56. The molecule has 7 heteroatoms. The van der Waals surface area contributed by atoms with E-state index in [0.717, 1.165) is 57.8 Å². The van der Waals surface area contributed by atoms with Gasteiger partial charge in [-0.15, -0.1) is 0 Å². The number of benzene rings is 2. The second kappa shape index (κ2) is 11.5. The van der Waals surface area contributed by atoms with Crippen LogP contribution in [0.15, 0.2) is 47.5 Å². The van der Waals surface area contributed by atoms with Crippen LogP contribution in [0.5, 0.6) is 11.5 Å². The number of rotatable bonds is 9. The Morgan fingerprint density at radius 1 is 1.00 bits per heavy atom. The second-order valence-corrected chi connectivity index (χ2v) is 7.84. The molecule has 2 aromatic rings. The maximum absolute atomic E-state index is 6.02. The van der Waals surface area contributed by atoms with Crippen molar-refractivity contribution >= 4 is 17.3 Å². The molecule has 1 heterocycles. The van der Waals surface area contributed by atoms with E-state index in [-0.39, 0.29) is 0 Å². The lowest BCUT2D eigenvalue weighted by molar-refractivity contribution is 0.253. The Kier molecular flexibility index (Phi) is 8.41. The van der Waals surface area contributed by atoms with E-state index in [1.54, 1.807) is 14.2 Å². The van der Waals surface area contributed by atoms with Crippen molar-refractivity contribution in [2.24, 2.45) is 10.7 Å². The molecule has 31 heavy (non-hydrogen) atoms. The molecule has 0 amide bonds. The lowest BCUT2D eigenvalue weighted by Crippen LogP contribution is -2.46. The summed E-state index contributed by atoms with van der Waals surface area (Å²) in [7, 11) is 3.23. The molecule has 0 atom stereocenters. The number of guanidine groups is 1. The summed E-state index contributed by atoms with van der Waals surface area (Å²) in [6.07, 6.45) is 2.14. The van der Waals surface area contributed by atoms with Crippen LogP contribution in [0.3, 0.4) is 0 Å². The molecule has 1 fully saturated rings. The molecule has 7 nitrogen and oxygen atoms in total. The average Bonchev–Trinajstić information content (AvgIpc) is 2.79. The Morgan fingerprint density at radius 3 is 2.48 bits per heavy atom. The van der Waals surface area contributed by atoms with Gasteiger partial charge in [-0.25, -0.2) is 0 Å². The van der Waals surface area contributed by atoms with Crippen molar-refractivity contribution in [1.29, 1.82) is 0 Å². The summed E-state index contributed by atoms with van der Waals surface area (Å²) in [4.78, 5) is 9.47. The molecule has 0 aliphatic carbocycles. The van der Waals surface area contributed by atoms with Gasteiger partial charge in [0.05, 0.1) is 14.2 Å². The molecule has 2 aromatic carbocycles. The van der Waals surface area contributed by atoms with Crippen molar-refractivity contribution in [2.45, 2.75) is 19.8 Å². The Bertz CT molecular complexity index is 863. The standard InChI is InChI=1S/C24H35N5O2/c1-19-7-6-8-21(17-19)29-15-13-28(14-16-29)12-5-4-11-26-24(25)27-20-9-10-22(30-2)23(18-20)31-3/h6-10,17-18H,4-5,11-16H2,1-3H3,(H3,25,26,27). The predicted molar refractivity (Wildman–Crippen MR) is 129 cm³/mol. The minimum absolute atomic E-state index is 0.416. The highest BCUT2D eigenvalue weighted by Crippen LogP contribution is 2.29. The summed E-state index contributed by atoms with van der Waals surface area (Å²) >= 11 is 0. The van der Waals surface area contributed by atoms with Gasteiger partial charge in [0.2, 0.25) is 0 Å². The first-order chi connectivity index (χ1) is 15.1. The van der Waals surface area contributed by atoms with Crippen LogP contribution in [0.4, 0.5) is 11.4 Å². The van der Waals surface area contributed by atoms with Gasteiger partial charge in [0.15, 0.2) is 17.5 Å². The van der Waals surface area contributed by atoms with E-state index in [4.69, 9.17) is 15.2 Å². The monoisotopic (exact) mass is 425 g/mol. The first kappa shape index (κ1) is 22.7. The lowest BCUT2D eigenvalue weighted by atomic mass is 10.2. The van der Waals surface area contributed by atoms with Crippen LogP contribution in [-0.2, 0) is 0 Å². The Morgan fingerprint density at radius 2 is 1.77 bits per heavy atom. The lowest BCUT2D eigenvalue weighted by Gasteiger charge is -2.36. The number of unbranched alkanes of at least 4 members (excludes halogenated alkanes) is 1. The zero-order chi connectivity index (χ0) is 22.1. The molecule has 1 aliphatic heterocycles. The molecular weight excluding hydrogens is 390 g/mol. The molecule has 3 rings (SSSR count). The van der Waals surface area contributed by atoms with E-state index in [1.165, 1.54) is 11.3 Å². The van der Waals surface area contributed by atoms with Crippen LogP contribution in [-0.4, -0.2) is 64.3 Å². The summed E-state index contributed by atoms with van der Waals surface area (Å²) in [5.74, 6) is 1.75. The van der Waals surface area contributed by atoms with Crippen molar-refractivity contribution < 1.29 is 9.47 Å². The van der Waals surface area contributed by atoms with Gasteiger partial charge in [0.1, 0.15) is 0 Å². The first-order valence-corrected chi connectivity index (χ1v) is 10.9. The number of nitrogens with two attached hydrogens (primary N) is 1. The molecule has 0 saturated carbocycles. The van der Waals surface area contributed by atoms with Gasteiger partial charge in [-0.05, 0) is 56.1 Å². The number of methoxy groups -OCH3 is 2. The number of hydrogen-bond acceptors (Lipinski definition) is 5. The van der Waals surface area contributed by atoms with Crippen molar-refractivity contribution in [2.75, 3.05) is 63.7 Å². The molecular formula is C24H35N5O2. The highest BCUT2D eigenvalue weighted by atomic mass is 16.5. The van der Waals surface area contributed by atoms with E-state index < -0.39 is 0 Å². The highest BCUT2D eigenvalue weighted by molar-refractivity contribution is 5.92. The molecule has 0 unspecified atom stereocenters. The topological polar surface area (TPSA) is 75.4 Å². The van der Waals surface area contributed by atoms with Crippen LogP contribution in [0.25, 0.3) is 0 Å². The number of aryl methyl sites for hydroxylation is 1. The average molecular weight is 426 g/mol. The van der Waals surface area contributed by atoms with Crippen molar-refractivity contribution in [3.63, 3.8) is 0 Å². The number of piperazine rings is 1. The number of anilines is 2. The van der Waals surface area contributed by atoms with Gasteiger partial charge in [-0.1, -0.05) is 12.1 Å². The van der Waals surface area contributed by atoms with Gasteiger partial charge < -0.3 is 25.4 Å². The van der Waals surface area contributed by atoms with E-state index in [1.807, 2.05) is 18.2 Å². The summed E-state index contributed by atoms with van der Waals surface area (Å²) in [6, 6.07) is 14.3. The number of nitrogens with zero attached hydrogens (tertiary/aromatic N) is 3. The van der Waals surface area contributed by atoms with Crippen molar-refractivity contribution in [1.82, 2.24) is 4.90 Å². The van der Waals surface area contributed by atoms with Crippen LogP contribution in [0, 0.1) is 6.92 Å². The molecule has 1 aliphatic rings. The third kappa shape index (κ3) is 6.79. The van der Waals surface area contributed by atoms with Gasteiger partial charge >= 0.3 is 0 Å². The first-order valence-electron chi connectivity index (χ1n) is 10.9. The molecule has 3 N–H and O–H groups in total. The van der Waals surface area contributed by atoms with E-state index in [0.29, 0.717) is 17.5 Å². The van der Waals surface area contributed by atoms with Crippen LogP contribution in [0.1, 0.15) is 18.4 Å². The zero-order valence-corrected chi connectivity index (χ0v) is 18.9. The summed E-state index contributed by atoms with van der Waals surface area (Å²) < 4.78 is 10.6. The van der Waals surface area contributed by atoms with Gasteiger partial charge in [-0.2, -0.15) is 0 Å². The van der Waals surface area contributed by atoms with E-state index in [2.05, 4.69) is 51.3 Å². The van der Waals surface area contributed by atoms with Crippen LogP contribution >= 0.6 is 0 Å². The predicted octanol–water partition coefficient (Wildman–Crippen LogP) is 3.34. The molecule has 0 bridgehead atoms. The maximum Gasteiger partial charge on any atom is 0.193 e. The Labute approximate surface area is 185 Å². The minimum atomic E-state index is 0.416. The smallest absolute Gasteiger partial charge is 0.193 e. The summed E-state index contributed by atoms with van der Waals surface area (Å²) in [6.45, 7) is 8.38. The number of aliphatic imine (C=N–C) groups is 1. The van der Waals surface area contributed by atoms with E-state index >= 15 is 0 Å². The quantitative estimate of drug-likeness (QED) is 0.365. The van der Waals surface area contributed by atoms with Gasteiger partial charge in [0.25, 0.3) is 0 Å². The fraction of sp³-hybridized carbons (Fsp3) is 0.458. The molecule has 0 radical (unpaired) electrons. The van der Waals surface area contributed by atoms with Crippen LogP contribution in [0.2, 0.25) is 0 Å². The fourth-order valence-electron chi connectivity index (χ4n) is 3.80. The molecule has 0 spiro atoms. The van der Waals surface area contributed by atoms with Gasteiger partial charge in [-0.3, -0.25) is 9.89 Å². The van der Waals surface area contributed by atoms with E-state index in [9.17, 15) is 0 Å². The third-order valence-corrected chi connectivity index (χ3v) is 5.56. The largest absolute Gasteiger partial charge is 0.493 e. The summed E-state index contributed by atoms with van der Waals surface area (Å²) in [5, 5.41) is 3.11. The number of hydrogen-bond donors (Lipinski definition) is 2. The maximum atomic E-state index is 6.02. The van der Waals surface area contributed by atoms with Crippen LogP contribution < -0.4 is 25.4 Å². The summed E-state index contributed by atoms with van der Waals surface area (Å²) in [5.41, 5.74) is 9.51. The van der Waals surface area contributed by atoms with Gasteiger partial charge in [0, 0.05) is 50.2 Å². The fourth-order valence-corrected chi connectivity index (χ4v) is 3.80. The second-order valence-electron chi connectivity index (χ2n) is 7.84. The number of ether oxygens (including phenoxy) is 2. The zero-order valence-electron chi connectivity index (χ0n) is 18.9. The minimum Gasteiger partial charge on any atom is -0.493 e. The van der Waals surface area contributed by atoms with Crippen molar-refractivity contribution in [3.05, 3.63) is 48.0 Å². The molecule has 0 aromatic heterocycles. The number of nitrogens with one attached hydrogen (secondary N) is 1. The Hall–Kier alpha value is -2.93. The SMILES string of the molecule is COc1ccc(NC(N)=NCCCCN2CCN(c3cccc(C)c3)CC2)cc1OC. The molecule has 1 saturated heterocycles. The van der Waals surface area contributed by atoms with Crippen molar-refractivity contribution in [3.8, 4) is 11.5 Å². The highest BCUT2D eigenvalue weighted by Gasteiger charge is 2.16. The normalized spacial score (nSPS) is 15.1. The molecule has 168 valence electrons. The Balaban J connectivity index is 1.34.